The van der Waals surface area contributed by atoms with Gasteiger partial charge in [-0.3, -0.25) is 9.59 Å². The van der Waals surface area contributed by atoms with E-state index in [4.69, 9.17) is 18.9 Å². The van der Waals surface area contributed by atoms with Crippen LogP contribution in [0.4, 0.5) is 0 Å². The second-order valence-corrected chi connectivity index (χ2v) is 6.48. The van der Waals surface area contributed by atoms with Crippen molar-refractivity contribution in [2.45, 2.75) is 39.2 Å². The molecule has 0 aromatic carbocycles. The number of hydrogen-bond donors (Lipinski definition) is 0. The van der Waals surface area contributed by atoms with Crippen LogP contribution in [0.1, 0.15) is 33.1 Å². The van der Waals surface area contributed by atoms with E-state index in [1.165, 1.54) is 6.92 Å². The maximum atomic E-state index is 11.9. The first kappa shape index (κ1) is 22.6. The second kappa shape index (κ2) is 11.3. The van der Waals surface area contributed by atoms with Gasteiger partial charge < -0.3 is 18.9 Å². The molecule has 2 unspecified atom stereocenters. The molecule has 0 aliphatic carbocycles. The summed E-state index contributed by atoms with van der Waals surface area (Å²) in [5, 5.41) is 0. The SMILES string of the molecule is C=C(C)C(=O)OCC1CC(CC(=C)C(=O)OCCOC(=O)CC(C)=O)CO1. The van der Waals surface area contributed by atoms with Crippen LogP contribution in [0.25, 0.3) is 0 Å². The Bertz CT molecular complexity index is 607. The molecule has 1 aliphatic heterocycles. The zero-order chi connectivity index (χ0) is 20.4. The molecule has 0 aromatic heterocycles. The van der Waals surface area contributed by atoms with E-state index in [1.807, 2.05) is 0 Å². The highest BCUT2D eigenvalue weighted by Crippen LogP contribution is 2.26. The summed E-state index contributed by atoms with van der Waals surface area (Å²) in [6.45, 7) is 10.4. The molecule has 1 heterocycles. The van der Waals surface area contributed by atoms with Crippen molar-refractivity contribution >= 4 is 23.7 Å². The van der Waals surface area contributed by atoms with Gasteiger partial charge in [0.25, 0.3) is 0 Å². The van der Waals surface area contributed by atoms with Gasteiger partial charge in [-0.2, -0.15) is 0 Å². The van der Waals surface area contributed by atoms with Gasteiger partial charge in [0.05, 0.1) is 12.7 Å². The van der Waals surface area contributed by atoms with Gasteiger partial charge >= 0.3 is 17.9 Å². The van der Waals surface area contributed by atoms with Crippen molar-refractivity contribution in [3.63, 3.8) is 0 Å². The summed E-state index contributed by atoms with van der Waals surface area (Å²) in [5.41, 5.74) is 0.617. The molecule has 8 heteroatoms. The minimum absolute atomic E-state index is 0.0759. The van der Waals surface area contributed by atoms with E-state index >= 15 is 0 Å². The summed E-state index contributed by atoms with van der Waals surface area (Å²) >= 11 is 0. The first-order chi connectivity index (χ1) is 12.7. The van der Waals surface area contributed by atoms with E-state index in [0.717, 1.165) is 0 Å². The summed E-state index contributed by atoms with van der Waals surface area (Å²) in [6, 6.07) is 0. The number of rotatable bonds is 11. The molecule has 0 saturated carbocycles. The lowest BCUT2D eigenvalue weighted by Gasteiger charge is -2.11. The average molecular weight is 382 g/mol. The highest BCUT2D eigenvalue weighted by molar-refractivity contribution is 5.94. The van der Waals surface area contributed by atoms with Crippen molar-refractivity contribution in [3.05, 3.63) is 24.3 Å². The first-order valence-corrected chi connectivity index (χ1v) is 8.63. The Morgan fingerprint density at radius 2 is 1.67 bits per heavy atom. The third kappa shape index (κ3) is 9.14. The van der Waals surface area contributed by atoms with Gasteiger partial charge in [-0.1, -0.05) is 13.2 Å². The van der Waals surface area contributed by atoms with E-state index in [0.29, 0.717) is 30.6 Å². The summed E-state index contributed by atoms with van der Waals surface area (Å²) in [7, 11) is 0. The van der Waals surface area contributed by atoms with Crippen molar-refractivity contribution in [2.75, 3.05) is 26.4 Å². The Hall–Kier alpha value is -2.48. The second-order valence-electron chi connectivity index (χ2n) is 6.48. The van der Waals surface area contributed by atoms with Gasteiger partial charge in [0.15, 0.2) is 0 Å². The van der Waals surface area contributed by atoms with Crippen molar-refractivity contribution in [1.82, 2.24) is 0 Å². The van der Waals surface area contributed by atoms with Crippen LogP contribution in [-0.4, -0.2) is 56.2 Å². The molecule has 2 atom stereocenters. The standard InChI is InChI=1S/C19H26O8/c1-12(2)18(22)27-11-16-9-15(10-26-16)7-13(3)19(23)25-6-5-24-17(21)8-14(4)20/h15-16H,1,3,5-11H2,2,4H3. The average Bonchev–Trinajstić information content (AvgIpc) is 3.02. The van der Waals surface area contributed by atoms with Gasteiger partial charge in [-0.15, -0.1) is 0 Å². The molecule has 150 valence electrons. The highest BCUT2D eigenvalue weighted by atomic mass is 16.6. The Balaban J connectivity index is 2.21. The minimum Gasteiger partial charge on any atom is -0.462 e. The van der Waals surface area contributed by atoms with Gasteiger partial charge in [0, 0.05) is 11.1 Å². The molecule has 0 amide bonds. The molecule has 8 nitrogen and oxygen atoms in total. The maximum absolute atomic E-state index is 11.9. The fraction of sp³-hybridized carbons (Fsp3) is 0.579. The topological polar surface area (TPSA) is 105 Å². The third-order valence-electron chi connectivity index (χ3n) is 3.71. The predicted octanol–water partition coefficient (Wildman–Crippen LogP) is 1.52. The van der Waals surface area contributed by atoms with Gasteiger partial charge in [-0.25, -0.2) is 9.59 Å². The van der Waals surface area contributed by atoms with Crippen LogP contribution in [-0.2, 0) is 38.1 Å². The summed E-state index contributed by atoms with van der Waals surface area (Å²) in [6.07, 6.45) is 0.514. The minimum atomic E-state index is -0.654. The van der Waals surface area contributed by atoms with E-state index < -0.39 is 17.9 Å². The summed E-state index contributed by atoms with van der Waals surface area (Å²) in [5.74, 6) is -1.91. The molecule has 1 saturated heterocycles. The Morgan fingerprint density at radius 3 is 2.30 bits per heavy atom. The molecule has 0 spiro atoms. The lowest BCUT2D eigenvalue weighted by atomic mass is 9.97. The van der Waals surface area contributed by atoms with Crippen molar-refractivity contribution in [3.8, 4) is 0 Å². The molecule has 1 rings (SSSR count). The van der Waals surface area contributed by atoms with Crippen LogP contribution in [0.15, 0.2) is 24.3 Å². The van der Waals surface area contributed by atoms with Crippen molar-refractivity contribution in [1.29, 1.82) is 0 Å². The van der Waals surface area contributed by atoms with E-state index in [-0.39, 0.29) is 44.0 Å². The molecule has 0 radical (unpaired) electrons. The maximum Gasteiger partial charge on any atom is 0.333 e. The van der Waals surface area contributed by atoms with Crippen molar-refractivity contribution in [2.24, 2.45) is 5.92 Å². The predicted molar refractivity (Wildman–Crippen MR) is 94.6 cm³/mol. The van der Waals surface area contributed by atoms with Gasteiger partial charge in [0.1, 0.15) is 32.0 Å². The van der Waals surface area contributed by atoms with Gasteiger partial charge in [-0.05, 0) is 32.6 Å². The molecule has 27 heavy (non-hydrogen) atoms. The number of carbonyl (C=O) groups is 4. The van der Waals surface area contributed by atoms with Gasteiger partial charge in [0.2, 0.25) is 0 Å². The van der Waals surface area contributed by atoms with Crippen LogP contribution in [0.2, 0.25) is 0 Å². The van der Waals surface area contributed by atoms with Crippen LogP contribution < -0.4 is 0 Å². The van der Waals surface area contributed by atoms with Crippen LogP contribution in [0.5, 0.6) is 0 Å². The van der Waals surface area contributed by atoms with Crippen LogP contribution in [0.3, 0.4) is 0 Å². The monoisotopic (exact) mass is 382 g/mol. The van der Waals surface area contributed by atoms with E-state index in [9.17, 15) is 19.2 Å². The third-order valence-corrected chi connectivity index (χ3v) is 3.71. The lowest BCUT2D eigenvalue weighted by Crippen LogP contribution is -2.18. The highest BCUT2D eigenvalue weighted by Gasteiger charge is 2.28. The quantitative estimate of drug-likeness (QED) is 0.174. The largest absolute Gasteiger partial charge is 0.462 e. The normalized spacial score (nSPS) is 18.4. The molecule has 0 aromatic rings. The molecule has 1 aliphatic rings. The zero-order valence-electron chi connectivity index (χ0n) is 15.8. The number of esters is 3. The first-order valence-electron chi connectivity index (χ1n) is 8.63. The Morgan fingerprint density at radius 1 is 1.00 bits per heavy atom. The smallest absolute Gasteiger partial charge is 0.333 e. The number of Topliss-reactive ketones (excluding diaryl/α,β-unsaturated/α-hetero) is 1. The Labute approximate surface area is 158 Å². The van der Waals surface area contributed by atoms with Crippen molar-refractivity contribution < 1.29 is 38.1 Å². The molecule has 1 fully saturated rings. The number of ether oxygens (including phenoxy) is 4. The Kier molecular flexibility index (Phi) is 9.42. The molecular formula is C19H26O8. The van der Waals surface area contributed by atoms with Crippen LogP contribution >= 0.6 is 0 Å². The summed E-state index contributed by atoms with van der Waals surface area (Å²) in [4.78, 5) is 45.2. The molecular weight excluding hydrogens is 356 g/mol. The molecule has 0 bridgehead atoms. The fourth-order valence-corrected chi connectivity index (χ4v) is 2.41. The zero-order valence-corrected chi connectivity index (χ0v) is 15.8. The van der Waals surface area contributed by atoms with Crippen LogP contribution in [0, 0.1) is 5.92 Å². The number of hydrogen-bond acceptors (Lipinski definition) is 8. The number of carbonyl (C=O) groups excluding carboxylic acids is 4. The lowest BCUT2D eigenvalue weighted by molar-refractivity contribution is -0.151. The fourth-order valence-electron chi connectivity index (χ4n) is 2.41. The molecule has 0 N–H and O–H groups in total. The van der Waals surface area contributed by atoms with E-state index in [2.05, 4.69) is 13.2 Å². The van der Waals surface area contributed by atoms with E-state index in [1.54, 1.807) is 6.92 Å². The number of ketones is 1. The summed E-state index contributed by atoms with van der Waals surface area (Å²) < 4.78 is 20.3.